The predicted molar refractivity (Wildman–Crippen MR) is 79.3 cm³/mol. The maximum Gasteiger partial charge on any atom is 0.112 e. The number of halogens is 2. The number of rotatable bonds is 2. The van der Waals surface area contributed by atoms with Crippen LogP contribution >= 0.6 is 23.2 Å². The Labute approximate surface area is 120 Å². The van der Waals surface area contributed by atoms with E-state index >= 15 is 0 Å². The lowest BCUT2D eigenvalue weighted by Gasteiger charge is -2.09. The predicted octanol–water partition coefficient (Wildman–Crippen LogP) is 4.68. The van der Waals surface area contributed by atoms with Gasteiger partial charge in [0.2, 0.25) is 0 Å². The van der Waals surface area contributed by atoms with Crippen LogP contribution in [0.4, 0.5) is 11.4 Å². The molecule has 0 fully saturated rings. The minimum Gasteiger partial charge on any atom is -0.354 e. The Morgan fingerprint density at radius 1 is 0.895 bits per heavy atom. The molecule has 0 atom stereocenters. The summed E-state index contributed by atoms with van der Waals surface area (Å²) < 4.78 is 0. The second kappa shape index (κ2) is 5.03. The molecule has 0 radical (unpaired) electrons. The summed E-state index contributed by atoms with van der Waals surface area (Å²) >= 11 is 12.0. The van der Waals surface area contributed by atoms with Gasteiger partial charge in [0.05, 0.1) is 11.2 Å². The standard InChI is InChI=1S/C14H9Cl2N3/c15-9-6-10(16)8-11(7-9)19-13-3-1-2-12-14(13)18-5-4-17-12/h1-8,19H. The number of anilines is 2. The van der Waals surface area contributed by atoms with E-state index in [-0.39, 0.29) is 0 Å². The second-order valence-electron chi connectivity index (χ2n) is 4.01. The van der Waals surface area contributed by atoms with Gasteiger partial charge in [0.25, 0.3) is 0 Å². The van der Waals surface area contributed by atoms with Gasteiger partial charge in [0.15, 0.2) is 0 Å². The van der Waals surface area contributed by atoms with Gasteiger partial charge in [-0.05, 0) is 30.3 Å². The first-order valence-corrected chi connectivity index (χ1v) is 6.41. The molecule has 19 heavy (non-hydrogen) atoms. The molecule has 0 aliphatic carbocycles. The minimum absolute atomic E-state index is 0.585. The largest absolute Gasteiger partial charge is 0.354 e. The molecule has 3 rings (SSSR count). The number of benzene rings is 2. The number of para-hydroxylation sites is 1. The van der Waals surface area contributed by atoms with Gasteiger partial charge in [-0.1, -0.05) is 29.3 Å². The molecule has 0 unspecified atom stereocenters. The van der Waals surface area contributed by atoms with Crippen molar-refractivity contribution in [3.8, 4) is 0 Å². The first kappa shape index (κ1) is 12.2. The molecule has 5 heteroatoms. The van der Waals surface area contributed by atoms with Crippen molar-refractivity contribution >= 4 is 45.6 Å². The van der Waals surface area contributed by atoms with Crippen molar-refractivity contribution in [2.24, 2.45) is 0 Å². The molecular weight excluding hydrogens is 281 g/mol. The van der Waals surface area contributed by atoms with Crippen LogP contribution in [0.1, 0.15) is 0 Å². The average molecular weight is 290 g/mol. The average Bonchev–Trinajstić information content (AvgIpc) is 2.38. The number of aromatic nitrogens is 2. The van der Waals surface area contributed by atoms with E-state index in [0.29, 0.717) is 10.0 Å². The molecule has 0 bridgehead atoms. The normalized spacial score (nSPS) is 10.6. The third-order valence-corrected chi connectivity index (χ3v) is 3.08. The van der Waals surface area contributed by atoms with Gasteiger partial charge < -0.3 is 5.32 Å². The smallest absolute Gasteiger partial charge is 0.112 e. The molecule has 0 amide bonds. The van der Waals surface area contributed by atoms with E-state index in [9.17, 15) is 0 Å². The van der Waals surface area contributed by atoms with E-state index in [0.717, 1.165) is 22.4 Å². The monoisotopic (exact) mass is 289 g/mol. The van der Waals surface area contributed by atoms with Gasteiger partial charge in [-0.2, -0.15) is 0 Å². The maximum atomic E-state index is 5.98. The molecule has 3 aromatic rings. The number of nitrogens with zero attached hydrogens (tertiary/aromatic N) is 2. The van der Waals surface area contributed by atoms with E-state index in [1.165, 1.54) is 0 Å². The zero-order valence-corrected chi connectivity index (χ0v) is 11.3. The third kappa shape index (κ3) is 2.62. The van der Waals surface area contributed by atoms with Gasteiger partial charge >= 0.3 is 0 Å². The highest BCUT2D eigenvalue weighted by atomic mass is 35.5. The van der Waals surface area contributed by atoms with Crippen LogP contribution < -0.4 is 5.32 Å². The van der Waals surface area contributed by atoms with Crippen LogP contribution in [0.2, 0.25) is 10.0 Å². The summed E-state index contributed by atoms with van der Waals surface area (Å²) in [6.07, 6.45) is 3.33. The first-order valence-electron chi connectivity index (χ1n) is 5.65. The van der Waals surface area contributed by atoms with Gasteiger partial charge in [0, 0.05) is 28.1 Å². The molecule has 94 valence electrons. The van der Waals surface area contributed by atoms with Crippen molar-refractivity contribution in [2.45, 2.75) is 0 Å². The van der Waals surface area contributed by atoms with Crippen LogP contribution in [0.25, 0.3) is 11.0 Å². The Kier molecular flexibility index (Phi) is 3.23. The summed E-state index contributed by atoms with van der Waals surface area (Å²) in [6, 6.07) is 11.1. The maximum absolute atomic E-state index is 5.98. The van der Waals surface area contributed by atoms with Crippen molar-refractivity contribution < 1.29 is 0 Å². The zero-order chi connectivity index (χ0) is 13.2. The van der Waals surface area contributed by atoms with Crippen LogP contribution in [0, 0.1) is 0 Å². The SMILES string of the molecule is Clc1cc(Cl)cc(Nc2cccc3nccnc23)c1. The lowest BCUT2D eigenvalue weighted by Crippen LogP contribution is -1.93. The highest BCUT2D eigenvalue weighted by molar-refractivity contribution is 6.35. The summed E-state index contributed by atoms with van der Waals surface area (Å²) in [4.78, 5) is 8.60. The molecule has 0 saturated carbocycles. The number of hydrogen-bond acceptors (Lipinski definition) is 3. The molecule has 1 heterocycles. The summed E-state index contributed by atoms with van der Waals surface area (Å²) in [5.41, 5.74) is 3.32. The molecule has 1 aromatic heterocycles. The van der Waals surface area contributed by atoms with Crippen molar-refractivity contribution in [1.29, 1.82) is 0 Å². The first-order chi connectivity index (χ1) is 9.22. The highest BCUT2D eigenvalue weighted by Crippen LogP contribution is 2.27. The Balaban J connectivity index is 2.05. The number of nitrogens with one attached hydrogen (secondary N) is 1. The van der Waals surface area contributed by atoms with E-state index in [1.807, 2.05) is 30.3 Å². The van der Waals surface area contributed by atoms with Crippen molar-refractivity contribution in [3.63, 3.8) is 0 Å². The fraction of sp³-hybridized carbons (Fsp3) is 0. The summed E-state index contributed by atoms with van der Waals surface area (Å²) in [5, 5.41) is 4.43. The Morgan fingerprint density at radius 2 is 1.63 bits per heavy atom. The topological polar surface area (TPSA) is 37.8 Å². The quantitative estimate of drug-likeness (QED) is 0.744. The fourth-order valence-electron chi connectivity index (χ4n) is 1.88. The van der Waals surface area contributed by atoms with Crippen LogP contribution in [0.5, 0.6) is 0 Å². The van der Waals surface area contributed by atoms with Gasteiger partial charge in [0.1, 0.15) is 5.52 Å². The molecule has 0 spiro atoms. The van der Waals surface area contributed by atoms with Crippen LogP contribution in [-0.2, 0) is 0 Å². The van der Waals surface area contributed by atoms with E-state index in [2.05, 4.69) is 15.3 Å². The molecule has 0 saturated heterocycles. The van der Waals surface area contributed by atoms with E-state index in [4.69, 9.17) is 23.2 Å². The van der Waals surface area contributed by atoms with Crippen molar-refractivity contribution in [1.82, 2.24) is 9.97 Å². The summed E-state index contributed by atoms with van der Waals surface area (Å²) in [6.45, 7) is 0. The second-order valence-corrected chi connectivity index (χ2v) is 4.89. The summed E-state index contributed by atoms with van der Waals surface area (Å²) in [5.74, 6) is 0. The molecule has 0 aliphatic rings. The van der Waals surface area contributed by atoms with Crippen LogP contribution in [-0.4, -0.2) is 9.97 Å². The van der Waals surface area contributed by atoms with Crippen LogP contribution in [0.15, 0.2) is 48.8 Å². The minimum atomic E-state index is 0.585. The van der Waals surface area contributed by atoms with Crippen molar-refractivity contribution in [2.75, 3.05) is 5.32 Å². The van der Waals surface area contributed by atoms with Crippen LogP contribution in [0.3, 0.4) is 0 Å². The number of hydrogen-bond donors (Lipinski definition) is 1. The fourth-order valence-corrected chi connectivity index (χ4v) is 2.40. The lowest BCUT2D eigenvalue weighted by atomic mass is 10.2. The van der Waals surface area contributed by atoms with Gasteiger partial charge in [-0.3, -0.25) is 9.97 Å². The highest BCUT2D eigenvalue weighted by Gasteiger charge is 2.04. The zero-order valence-electron chi connectivity index (χ0n) is 9.77. The molecule has 1 N–H and O–H groups in total. The lowest BCUT2D eigenvalue weighted by molar-refractivity contribution is 1.29. The molecular formula is C14H9Cl2N3. The van der Waals surface area contributed by atoms with Gasteiger partial charge in [-0.15, -0.1) is 0 Å². The van der Waals surface area contributed by atoms with E-state index < -0.39 is 0 Å². The Hall–Kier alpha value is -1.84. The molecule has 0 aliphatic heterocycles. The van der Waals surface area contributed by atoms with E-state index in [1.54, 1.807) is 18.5 Å². The third-order valence-electron chi connectivity index (χ3n) is 2.64. The molecule has 3 nitrogen and oxygen atoms in total. The Bertz CT molecular complexity index is 718. The number of fused-ring (bicyclic) bond motifs is 1. The Morgan fingerprint density at radius 3 is 2.42 bits per heavy atom. The van der Waals surface area contributed by atoms with Gasteiger partial charge in [-0.25, -0.2) is 0 Å². The summed E-state index contributed by atoms with van der Waals surface area (Å²) in [7, 11) is 0. The molecule has 2 aromatic carbocycles. The van der Waals surface area contributed by atoms with Crippen molar-refractivity contribution in [3.05, 3.63) is 58.8 Å².